The van der Waals surface area contributed by atoms with Crippen molar-refractivity contribution in [2.45, 2.75) is 45.2 Å². The lowest BCUT2D eigenvalue weighted by molar-refractivity contribution is 0.133. The summed E-state index contributed by atoms with van der Waals surface area (Å²) in [4.78, 5) is 14.1. The Labute approximate surface area is 100 Å². The highest BCUT2D eigenvalue weighted by Crippen LogP contribution is 2.24. The smallest absolute Gasteiger partial charge is 0.319 e. The molecule has 2 amide bonds. The molecule has 1 aliphatic heterocycles. The molecule has 2 unspecified atom stereocenters. The highest BCUT2D eigenvalue weighted by atomic mass is 32.1. The molecule has 0 bridgehead atoms. The predicted molar refractivity (Wildman–Crippen MR) is 68.0 cm³/mol. The molecule has 1 saturated heterocycles. The molecule has 2 heterocycles. The predicted octanol–water partition coefficient (Wildman–Crippen LogP) is 3.54. The lowest BCUT2D eigenvalue weighted by Gasteiger charge is -2.38. The molecule has 1 fully saturated rings. The van der Waals surface area contributed by atoms with Gasteiger partial charge >= 0.3 is 6.03 Å². The van der Waals surface area contributed by atoms with E-state index >= 15 is 0 Å². The highest BCUT2D eigenvalue weighted by Gasteiger charge is 2.28. The Bertz CT molecular complexity index is 340. The van der Waals surface area contributed by atoms with Gasteiger partial charge in [-0.2, -0.15) is 0 Å². The van der Waals surface area contributed by atoms with E-state index in [2.05, 4.69) is 19.2 Å². The molecule has 0 aliphatic carbocycles. The van der Waals surface area contributed by atoms with Crippen molar-refractivity contribution in [3.05, 3.63) is 17.5 Å². The van der Waals surface area contributed by atoms with Gasteiger partial charge in [0.25, 0.3) is 0 Å². The third-order valence-electron chi connectivity index (χ3n) is 3.18. The second kappa shape index (κ2) is 4.87. The minimum absolute atomic E-state index is 0.0437. The van der Waals surface area contributed by atoms with Crippen LogP contribution in [0.4, 0.5) is 9.80 Å². The highest BCUT2D eigenvalue weighted by molar-refractivity contribution is 7.14. The zero-order chi connectivity index (χ0) is 11.5. The van der Waals surface area contributed by atoms with Crippen molar-refractivity contribution in [3.8, 4) is 0 Å². The van der Waals surface area contributed by atoms with E-state index in [4.69, 9.17) is 0 Å². The first kappa shape index (κ1) is 11.5. The Morgan fingerprint density at radius 1 is 1.44 bits per heavy atom. The van der Waals surface area contributed by atoms with Crippen LogP contribution in [0.5, 0.6) is 0 Å². The third kappa shape index (κ3) is 2.38. The Kier molecular flexibility index (Phi) is 3.49. The molecule has 16 heavy (non-hydrogen) atoms. The second-order valence-electron chi connectivity index (χ2n) is 4.44. The van der Waals surface area contributed by atoms with Crippen molar-refractivity contribution in [1.29, 1.82) is 0 Å². The van der Waals surface area contributed by atoms with Crippen LogP contribution in [-0.4, -0.2) is 23.0 Å². The van der Waals surface area contributed by atoms with Crippen LogP contribution in [0.25, 0.3) is 0 Å². The van der Waals surface area contributed by atoms with E-state index in [0.29, 0.717) is 12.1 Å². The number of hydrogen-bond acceptors (Lipinski definition) is 2. The first-order valence-corrected chi connectivity index (χ1v) is 6.69. The van der Waals surface area contributed by atoms with E-state index in [9.17, 15) is 4.79 Å². The SMILES string of the molecule is CC1CCCC(C)N1C(=O)Nc1cccs1. The number of carbonyl (C=O) groups excluding carboxylic acids is 1. The van der Waals surface area contributed by atoms with Gasteiger partial charge in [-0.1, -0.05) is 0 Å². The molecule has 1 N–H and O–H groups in total. The lowest BCUT2D eigenvalue weighted by atomic mass is 9.98. The molecular formula is C12H18N2OS. The van der Waals surface area contributed by atoms with Gasteiger partial charge in [-0.3, -0.25) is 5.32 Å². The van der Waals surface area contributed by atoms with Crippen molar-refractivity contribution >= 4 is 22.4 Å². The molecule has 1 aromatic heterocycles. The summed E-state index contributed by atoms with van der Waals surface area (Å²) in [7, 11) is 0. The number of nitrogens with zero attached hydrogens (tertiary/aromatic N) is 1. The summed E-state index contributed by atoms with van der Waals surface area (Å²) in [5.41, 5.74) is 0. The summed E-state index contributed by atoms with van der Waals surface area (Å²) in [6.07, 6.45) is 3.45. The van der Waals surface area contributed by atoms with Gasteiger partial charge in [-0.15, -0.1) is 11.3 Å². The topological polar surface area (TPSA) is 32.3 Å². The van der Waals surface area contributed by atoms with Gasteiger partial charge in [0, 0.05) is 12.1 Å². The largest absolute Gasteiger partial charge is 0.322 e. The average molecular weight is 238 g/mol. The summed E-state index contributed by atoms with van der Waals surface area (Å²) >= 11 is 1.56. The van der Waals surface area contributed by atoms with Crippen LogP contribution in [0.1, 0.15) is 33.1 Å². The van der Waals surface area contributed by atoms with Gasteiger partial charge in [0.15, 0.2) is 0 Å². The van der Waals surface area contributed by atoms with Crippen molar-refractivity contribution in [3.63, 3.8) is 0 Å². The molecule has 0 aromatic carbocycles. The molecule has 88 valence electrons. The number of rotatable bonds is 1. The van der Waals surface area contributed by atoms with Crippen LogP contribution in [0.2, 0.25) is 0 Å². The first-order chi connectivity index (χ1) is 7.68. The van der Waals surface area contributed by atoms with E-state index in [0.717, 1.165) is 17.8 Å². The summed E-state index contributed by atoms with van der Waals surface area (Å²) in [6.45, 7) is 4.26. The van der Waals surface area contributed by atoms with Gasteiger partial charge in [-0.25, -0.2) is 4.79 Å². The van der Waals surface area contributed by atoms with Crippen LogP contribution in [0.15, 0.2) is 17.5 Å². The van der Waals surface area contributed by atoms with Gasteiger partial charge in [0.2, 0.25) is 0 Å². The number of hydrogen-bond donors (Lipinski definition) is 1. The van der Waals surface area contributed by atoms with Gasteiger partial charge < -0.3 is 4.90 Å². The molecule has 2 atom stereocenters. The fourth-order valence-corrected chi connectivity index (χ4v) is 2.95. The minimum atomic E-state index is 0.0437. The number of carbonyl (C=O) groups is 1. The van der Waals surface area contributed by atoms with Crippen LogP contribution in [0.3, 0.4) is 0 Å². The van der Waals surface area contributed by atoms with Gasteiger partial charge in [0.1, 0.15) is 0 Å². The fourth-order valence-electron chi connectivity index (χ4n) is 2.34. The second-order valence-corrected chi connectivity index (χ2v) is 5.39. The van der Waals surface area contributed by atoms with Crippen molar-refractivity contribution in [1.82, 2.24) is 4.90 Å². The molecule has 0 radical (unpaired) electrons. The van der Waals surface area contributed by atoms with E-state index in [1.165, 1.54) is 6.42 Å². The summed E-state index contributed by atoms with van der Waals surface area (Å²) < 4.78 is 0. The van der Waals surface area contributed by atoms with Gasteiger partial charge in [-0.05, 0) is 50.6 Å². The quantitative estimate of drug-likeness (QED) is 0.797. The molecule has 3 nitrogen and oxygen atoms in total. The van der Waals surface area contributed by atoms with Crippen molar-refractivity contribution in [2.75, 3.05) is 5.32 Å². The number of urea groups is 1. The van der Waals surface area contributed by atoms with Crippen LogP contribution < -0.4 is 5.32 Å². The summed E-state index contributed by atoms with van der Waals surface area (Å²) in [5, 5.41) is 5.85. The Morgan fingerprint density at radius 2 is 2.12 bits per heavy atom. The third-order valence-corrected chi connectivity index (χ3v) is 3.96. The molecule has 0 spiro atoms. The monoisotopic (exact) mass is 238 g/mol. The number of nitrogens with one attached hydrogen (secondary N) is 1. The van der Waals surface area contributed by atoms with E-state index in [1.807, 2.05) is 22.4 Å². The number of anilines is 1. The molecule has 2 rings (SSSR count). The summed E-state index contributed by atoms with van der Waals surface area (Å²) in [6, 6.07) is 4.63. The Hall–Kier alpha value is -1.03. The Balaban J connectivity index is 2.02. The first-order valence-electron chi connectivity index (χ1n) is 5.81. The summed E-state index contributed by atoms with van der Waals surface area (Å²) in [5.74, 6) is 0. The Morgan fingerprint density at radius 3 is 2.69 bits per heavy atom. The maximum absolute atomic E-state index is 12.1. The molecule has 1 aromatic rings. The number of piperidine rings is 1. The molecule has 1 aliphatic rings. The maximum atomic E-state index is 12.1. The minimum Gasteiger partial charge on any atom is -0.319 e. The number of likely N-dealkylation sites (tertiary alicyclic amines) is 1. The zero-order valence-electron chi connectivity index (χ0n) is 9.77. The number of thiophene rings is 1. The van der Waals surface area contributed by atoms with Crippen molar-refractivity contribution in [2.24, 2.45) is 0 Å². The molecule has 4 heteroatoms. The zero-order valence-corrected chi connectivity index (χ0v) is 10.6. The van der Waals surface area contributed by atoms with Crippen LogP contribution in [0, 0.1) is 0 Å². The normalized spacial score (nSPS) is 25.5. The van der Waals surface area contributed by atoms with Crippen LogP contribution >= 0.6 is 11.3 Å². The molecule has 0 saturated carbocycles. The standard InChI is InChI=1S/C12H18N2OS/c1-9-5-3-6-10(2)14(9)12(15)13-11-7-4-8-16-11/h4,7-10H,3,5-6H2,1-2H3,(H,13,15). The van der Waals surface area contributed by atoms with Crippen LogP contribution in [-0.2, 0) is 0 Å². The fraction of sp³-hybridized carbons (Fsp3) is 0.583. The van der Waals surface area contributed by atoms with E-state index in [1.54, 1.807) is 11.3 Å². The lowest BCUT2D eigenvalue weighted by Crippen LogP contribution is -2.49. The average Bonchev–Trinajstić information content (AvgIpc) is 2.70. The van der Waals surface area contributed by atoms with Gasteiger partial charge in [0.05, 0.1) is 5.00 Å². The van der Waals surface area contributed by atoms with E-state index < -0.39 is 0 Å². The maximum Gasteiger partial charge on any atom is 0.322 e. The molecular weight excluding hydrogens is 220 g/mol. The van der Waals surface area contributed by atoms with Crippen molar-refractivity contribution < 1.29 is 4.79 Å². The van der Waals surface area contributed by atoms with E-state index in [-0.39, 0.29) is 6.03 Å². The number of amides is 2.